The summed E-state index contributed by atoms with van der Waals surface area (Å²) in [6.45, 7) is 1.92. The minimum Gasteiger partial charge on any atom is -0.415 e. The highest BCUT2D eigenvalue weighted by Gasteiger charge is 2.19. The smallest absolute Gasteiger partial charge is 0.314 e. The van der Waals surface area contributed by atoms with Crippen LogP contribution in [0.2, 0.25) is 5.02 Å². The maximum absolute atomic E-state index is 12.7. The number of thiazole rings is 1. The highest BCUT2D eigenvalue weighted by molar-refractivity contribution is 7.22. The van der Waals surface area contributed by atoms with Crippen LogP contribution in [0.15, 0.2) is 47.0 Å². The molecule has 3 aromatic heterocycles. The molecule has 0 aliphatic carbocycles. The van der Waals surface area contributed by atoms with E-state index >= 15 is 0 Å². The van der Waals surface area contributed by atoms with Crippen LogP contribution in [0, 0.1) is 0 Å². The average Bonchev–Trinajstić information content (AvgIpc) is 3.51. The molecule has 0 aliphatic rings. The fourth-order valence-corrected chi connectivity index (χ4v) is 4.39. The van der Waals surface area contributed by atoms with E-state index in [4.69, 9.17) is 21.8 Å². The lowest BCUT2D eigenvalue weighted by atomic mass is 10.1. The van der Waals surface area contributed by atoms with Gasteiger partial charge in [0.1, 0.15) is 5.69 Å². The van der Waals surface area contributed by atoms with Crippen molar-refractivity contribution in [3.8, 4) is 22.7 Å². The van der Waals surface area contributed by atoms with Gasteiger partial charge in [0.2, 0.25) is 5.89 Å². The van der Waals surface area contributed by atoms with Crippen LogP contribution in [-0.2, 0) is 0 Å². The largest absolute Gasteiger partial charge is 0.415 e. The van der Waals surface area contributed by atoms with Gasteiger partial charge in [0.15, 0.2) is 5.13 Å². The van der Waals surface area contributed by atoms with Crippen molar-refractivity contribution in [1.29, 1.82) is 0 Å². The van der Waals surface area contributed by atoms with Crippen molar-refractivity contribution in [2.45, 2.75) is 19.4 Å². The Morgan fingerprint density at radius 2 is 1.91 bits per heavy atom. The van der Waals surface area contributed by atoms with Gasteiger partial charge in [0, 0.05) is 16.1 Å². The van der Waals surface area contributed by atoms with Gasteiger partial charge in [-0.05, 0) is 36.8 Å². The SMILES string of the molecule is C[C@H](c1ccc(-c2nnc(C(F)F)o2)cc1Cl)n1cc(-c2ccc3nc(N)sc3c2)nn1. The van der Waals surface area contributed by atoms with Crippen LogP contribution < -0.4 is 5.73 Å². The summed E-state index contributed by atoms with van der Waals surface area (Å²) in [7, 11) is 0. The molecule has 5 rings (SSSR count). The molecule has 162 valence electrons. The number of nitrogens with two attached hydrogens (primary N) is 1. The highest BCUT2D eigenvalue weighted by Crippen LogP contribution is 2.32. The number of halogens is 3. The van der Waals surface area contributed by atoms with Gasteiger partial charge in [-0.3, -0.25) is 0 Å². The monoisotopic (exact) mass is 473 g/mol. The summed E-state index contributed by atoms with van der Waals surface area (Å²) in [6.07, 6.45) is -1.01. The number of hydrogen-bond donors (Lipinski definition) is 1. The van der Waals surface area contributed by atoms with Crippen molar-refractivity contribution in [2.24, 2.45) is 0 Å². The molecule has 0 fully saturated rings. The molecule has 0 aliphatic heterocycles. The predicted molar refractivity (Wildman–Crippen MR) is 117 cm³/mol. The quantitative estimate of drug-likeness (QED) is 0.364. The lowest BCUT2D eigenvalue weighted by Crippen LogP contribution is -2.08. The maximum Gasteiger partial charge on any atom is 0.314 e. The zero-order valence-corrected chi connectivity index (χ0v) is 18.0. The number of alkyl halides is 2. The normalized spacial score (nSPS) is 12.7. The molecule has 0 radical (unpaired) electrons. The molecule has 0 unspecified atom stereocenters. The van der Waals surface area contributed by atoms with Crippen LogP contribution in [-0.4, -0.2) is 30.2 Å². The van der Waals surface area contributed by atoms with Gasteiger partial charge < -0.3 is 10.2 Å². The molecule has 0 spiro atoms. The number of benzene rings is 2. The molecule has 0 bridgehead atoms. The number of hydrogen-bond acceptors (Lipinski definition) is 8. The first kappa shape index (κ1) is 20.5. The summed E-state index contributed by atoms with van der Waals surface area (Å²) < 4.78 is 33.0. The van der Waals surface area contributed by atoms with Gasteiger partial charge in [-0.25, -0.2) is 9.67 Å². The van der Waals surface area contributed by atoms with E-state index in [1.54, 1.807) is 22.9 Å². The number of anilines is 1. The van der Waals surface area contributed by atoms with Crippen LogP contribution in [0.25, 0.3) is 32.9 Å². The Hall–Kier alpha value is -3.44. The molecule has 0 saturated heterocycles. The third-order valence-electron chi connectivity index (χ3n) is 4.93. The van der Waals surface area contributed by atoms with Crippen molar-refractivity contribution >= 4 is 38.3 Å². The van der Waals surface area contributed by atoms with E-state index in [-0.39, 0.29) is 11.9 Å². The van der Waals surface area contributed by atoms with Crippen molar-refractivity contribution in [3.05, 3.63) is 59.1 Å². The van der Waals surface area contributed by atoms with E-state index in [9.17, 15) is 8.78 Å². The Morgan fingerprint density at radius 3 is 2.66 bits per heavy atom. The molecule has 2 aromatic carbocycles. The summed E-state index contributed by atoms with van der Waals surface area (Å²) in [5, 5.41) is 16.4. The first-order chi connectivity index (χ1) is 15.4. The Morgan fingerprint density at radius 1 is 1.09 bits per heavy atom. The van der Waals surface area contributed by atoms with Crippen LogP contribution in [0.5, 0.6) is 0 Å². The molecular weight excluding hydrogens is 460 g/mol. The van der Waals surface area contributed by atoms with E-state index in [0.717, 1.165) is 21.3 Å². The second-order valence-corrected chi connectivity index (χ2v) is 8.45. The molecular formula is C20H14ClF2N7OS. The van der Waals surface area contributed by atoms with Gasteiger partial charge in [-0.1, -0.05) is 40.3 Å². The van der Waals surface area contributed by atoms with Crippen LogP contribution in [0.4, 0.5) is 13.9 Å². The van der Waals surface area contributed by atoms with Crippen LogP contribution in [0.1, 0.15) is 30.8 Å². The van der Waals surface area contributed by atoms with E-state index in [1.807, 2.05) is 31.3 Å². The lowest BCUT2D eigenvalue weighted by Gasteiger charge is -2.14. The fourth-order valence-electron chi connectivity index (χ4n) is 3.28. The molecule has 32 heavy (non-hydrogen) atoms. The minimum absolute atomic E-state index is 0.0245. The fraction of sp³-hybridized carbons (Fsp3) is 0.150. The third kappa shape index (κ3) is 3.69. The van der Waals surface area contributed by atoms with E-state index in [2.05, 4.69) is 25.5 Å². The number of nitrogen functional groups attached to an aromatic ring is 1. The van der Waals surface area contributed by atoms with Gasteiger partial charge in [0.05, 0.1) is 22.5 Å². The first-order valence-corrected chi connectivity index (χ1v) is 10.6. The van der Waals surface area contributed by atoms with Crippen molar-refractivity contribution < 1.29 is 13.2 Å². The minimum atomic E-state index is -2.83. The summed E-state index contributed by atoms with van der Waals surface area (Å²) in [5.41, 5.74) is 9.43. The maximum atomic E-state index is 12.7. The molecule has 5 aromatic rings. The van der Waals surface area contributed by atoms with Gasteiger partial charge in [-0.15, -0.1) is 15.3 Å². The Balaban J connectivity index is 1.41. The van der Waals surface area contributed by atoms with Crippen LogP contribution in [0.3, 0.4) is 0 Å². The zero-order chi connectivity index (χ0) is 22.4. The number of aromatic nitrogens is 6. The van der Waals surface area contributed by atoms with Gasteiger partial charge >= 0.3 is 6.43 Å². The molecule has 12 heteroatoms. The molecule has 8 nitrogen and oxygen atoms in total. The van der Waals surface area contributed by atoms with Crippen molar-refractivity contribution in [3.63, 3.8) is 0 Å². The average molecular weight is 474 g/mol. The molecule has 0 amide bonds. The third-order valence-corrected chi connectivity index (χ3v) is 6.11. The Labute approximate surface area is 188 Å². The van der Waals surface area contributed by atoms with Crippen molar-refractivity contribution in [1.82, 2.24) is 30.2 Å². The highest BCUT2D eigenvalue weighted by atomic mass is 35.5. The number of nitrogens with zero attached hydrogens (tertiary/aromatic N) is 6. The summed E-state index contributed by atoms with van der Waals surface area (Å²) in [6, 6.07) is 10.6. The molecule has 2 N–H and O–H groups in total. The number of fused-ring (bicyclic) bond motifs is 1. The second kappa shape index (κ2) is 7.92. The van der Waals surface area contributed by atoms with Crippen LogP contribution >= 0.6 is 22.9 Å². The zero-order valence-electron chi connectivity index (χ0n) is 16.4. The van der Waals surface area contributed by atoms with E-state index < -0.39 is 12.3 Å². The first-order valence-electron chi connectivity index (χ1n) is 9.38. The lowest BCUT2D eigenvalue weighted by molar-refractivity contribution is 0.116. The summed E-state index contributed by atoms with van der Waals surface area (Å²) in [4.78, 5) is 4.26. The molecule has 3 heterocycles. The van der Waals surface area contributed by atoms with Crippen molar-refractivity contribution in [2.75, 3.05) is 5.73 Å². The summed E-state index contributed by atoms with van der Waals surface area (Å²) in [5.74, 6) is -0.758. The Bertz CT molecular complexity index is 1430. The van der Waals surface area contributed by atoms with E-state index in [0.29, 0.717) is 21.4 Å². The second-order valence-electron chi connectivity index (χ2n) is 6.98. The Kier molecular flexibility index (Phi) is 5.06. The molecule has 1 atom stereocenters. The summed E-state index contributed by atoms with van der Waals surface area (Å²) >= 11 is 7.88. The molecule has 0 saturated carbocycles. The van der Waals surface area contributed by atoms with Gasteiger partial charge in [-0.2, -0.15) is 8.78 Å². The van der Waals surface area contributed by atoms with E-state index in [1.165, 1.54) is 11.3 Å². The predicted octanol–water partition coefficient (Wildman–Crippen LogP) is 5.39. The number of rotatable bonds is 5. The topological polar surface area (TPSA) is 109 Å². The van der Waals surface area contributed by atoms with Gasteiger partial charge in [0.25, 0.3) is 5.89 Å². The standard InChI is InChI=1S/C20H14ClF2N7OS/c1-9(12-4-2-11(6-13(12)21)18-27-28-19(31-18)17(22)23)30-8-15(26-29-30)10-3-5-14-16(7-10)32-20(24)25-14/h2-9,17H,1H3,(H2,24,25)/t9-/m1/s1.